The van der Waals surface area contributed by atoms with Crippen LogP contribution >= 0.6 is 0 Å². The van der Waals surface area contributed by atoms with Gasteiger partial charge in [0, 0.05) is 0 Å². The summed E-state index contributed by atoms with van der Waals surface area (Å²) in [6.07, 6.45) is 3.86. The summed E-state index contributed by atoms with van der Waals surface area (Å²) in [6.45, 7) is 8.23. The van der Waals surface area contributed by atoms with Gasteiger partial charge >= 0.3 is 0 Å². The molecule has 0 aliphatic heterocycles. The maximum atomic E-state index is 9.43. The number of allylic oxidation sites excluding steroid dienone is 1. The Hall–Kier alpha value is -0.300. The molecule has 0 spiro atoms. The Kier molecular flexibility index (Phi) is 2.72. The van der Waals surface area contributed by atoms with Crippen molar-refractivity contribution in [2.45, 2.75) is 32.8 Å². The highest BCUT2D eigenvalue weighted by Crippen LogP contribution is 2.34. The smallest absolute Gasteiger partial charge is 0.0545 e. The van der Waals surface area contributed by atoms with E-state index in [1.165, 1.54) is 0 Å². The summed E-state index contributed by atoms with van der Waals surface area (Å²) in [7, 11) is 0. The molecule has 11 heavy (non-hydrogen) atoms. The van der Waals surface area contributed by atoms with E-state index in [1.807, 2.05) is 6.08 Å². The maximum absolute atomic E-state index is 9.43. The van der Waals surface area contributed by atoms with E-state index in [0.717, 1.165) is 12.8 Å². The fourth-order valence-corrected chi connectivity index (χ4v) is 2.29. The Labute approximate surface area is 69.1 Å². The molecule has 0 bridgehead atoms. The SMILES string of the molecule is C=CC1C(C)CC(O)CC1C. The lowest BCUT2D eigenvalue weighted by atomic mass is 9.72. The van der Waals surface area contributed by atoms with Crippen molar-refractivity contribution < 1.29 is 5.11 Å². The lowest BCUT2D eigenvalue weighted by molar-refractivity contribution is 0.0563. The molecular formula is C10H18O. The summed E-state index contributed by atoms with van der Waals surface area (Å²) < 4.78 is 0. The number of rotatable bonds is 1. The van der Waals surface area contributed by atoms with Crippen molar-refractivity contribution in [3.05, 3.63) is 12.7 Å². The summed E-state index contributed by atoms with van der Waals surface area (Å²) in [6, 6.07) is 0. The molecule has 0 heterocycles. The van der Waals surface area contributed by atoms with E-state index in [0.29, 0.717) is 17.8 Å². The van der Waals surface area contributed by atoms with Gasteiger partial charge in [-0.25, -0.2) is 0 Å². The molecule has 0 aromatic rings. The van der Waals surface area contributed by atoms with Gasteiger partial charge in [0.2, 0.25) is 0 Å². The predicted octanol–water partition coefficient (Wildman–Crippen LogP) is 2.22. The highest BCUT2D eigenvalue weighted by atomic mass is 16.3. The van der Waals surface area contributed by atoms with Gasteiger partial charge in [0.1, 0.15) is 0 Å². The minimum atomic E-state index is -0.0730. The first kappa shape index (κ1) is 8.79. The zero-order valence-electron chi connectivity index (χ0n) is 7.46. The van der Waals surface area contributed by atoms with Crippen molar-refractivity contribution in [3.63, 3.8) is 0 Å². The topological polar surface area (TPSA) is 20.2 Å². The monoisotopic (exact) mass is 154 g/mol. The summed E-state index contributed by atoms with van der Waals surface area (Å²) in [5, 5.41) is 9.43. The van der Waals surface area contributed by atoms with Crippen LogP contribution in [0.25, 0.3) is 0 Å². The quantitative estimate of drug-likeness (QED) is 0.574. The Morgan fingerprint density at radius 2 is 1.73 bits per heavy atom. The van der Waals surface area contributed by atoms with E-state index in [9.17, 15) is 5.11 Å². The summed E-state index contributed by atoms with van der Waals surface area (Å²) in [5.41, 5.74) is 0. The number of aliphatic hydroxyl groups excluding tert-OH is 1. The van der Waals surface area contributed by atoms with Gasteiger partial charge in [0.05, 0.1) is 6.10 Å². The molecule has 1 aliphatic rings. The third-order valence-electron chi connectivity index (χ3n) is 2.87. The lowest BCUT2D eigenvalue weighted by Crippen LogP contribution is -2.31. The fourth-order valence-electron chi connectivity index (χ4n) is 2.29. The Morgan fingerprint density at radius 3 is 2.09 bits per heavy atom. The predicted molar refractivity (Wildman–Crippen MR) is 47.3 cm³/mol. The molecule has 2 unspecified atom stereocenters. The van der Waals surface area contributed by atoms with Crippen LogP contribution in [0.3, 0.4) is 0 Å². The molecular weight excluding hydrogens is 136 g/mol. The van der Waals surface area contributed by atoms with Gasteiger partial charge in [-0.1, -0.05) is 19.9 Å². The van der Waals surface area contributed by atoms with Gasteiger partial charge in [0.25, 0.3) is 0 Å². The molecule has 1 saturated carbocycles. The molecule has 1 rings (SSSR count). The second-order valence-electron chi connectivity index (χ2n) is 3.89. The molecule has 1 heteroatoms. The first-order valence-electron chi connectivity index (χ1n) is 4.45. The minimum Gasteiger partial charge on any atom is -0.393 e. The Bertz CT molecular complexity index is 130. The van der Waals surface area contributed by atoms with Crippen molar-refractivity contribution in [2.24, 2.45) is 17.8 Å². The van der Waals surface area contributed by atoms with Gasteiger partial charge in [-0.3, -0.25) is 0 Å². The van der Waals surface area contributed by atoms with Crippen molar-refractivity contribution >= 4 is 0 Å². The molecule has 0 radical (unpaired) electrons. The van der Waals surface area contributed by atoms with E-state index in [1.54, 1.807) is 0 Å². The fraction of sp³-hybridized carbons (Fsp3) is 0.800. The highest BCUT2D eigenvalue weighted by molar-refractivity contribution is 4.91. The van der Waals surface area contributed by atoms with Crippen LogP contribution in [0.4, 0.5) is 0 Å². The van der Waals surface area contributed by atoms with Crippen LogP contribution in [0.2, 0.25) is 0 Å². The zero-order valence-corrected chi connectivity index (χ0v) is 7.46. The number of aliphatic hydroxyl groups is 1. The van der Waals surface area contributed by atoms with Gasteiger partial charge in [0.15, 0.2) is 0 Å². The van der Waals surface area contributed by atoms with Gasteiger partial charge < -0.3 is 5.11 Å². The van der Waals surface area contributed by atoms with Crippen molar-refractivity contribution in [3.8, 4) is 0 Å². The average Bonchev–Trinajstić information content (AvgIpc) is 1.85. The summed E-state index contributed by atoms with van der Waals surface area (Å²) in [5.74, 6) is 1.82. The third kappa shape index (κ3) is 1.84. The van der Waals surface area contributed by atoms with E-state index >= 15 is 0 Å². The maximum Gasteiger partial charge on any atom is 0.0545 e. The van der Waals surface area contributed by atoms with E-state index < -0.39 is 0 Å². The molecule has 1 nitrogen and oxygen atoms in total. The van der Waals surface area contributed by atoms with E-state index in [4.69, 9.17) is 0 Å². The van der Waals surface area contributed by atoms with Crippen LogP contribution in [-0.4, -0.2) is 11.2 Å². The normalized spacial score (nSPS) is 45.4. The van der Waals surface area contributed by atoms with Gasteiger partial charge in [-0.05, 0) is 30.6 Å². The number of hydrogen-bond donors (Lipinski definition) is 1. The molecule has 0 aromatic carbocycles. The molecule has 1 aliphatic carbocycles. The third-order valence-corrected chi connectivity index (χ3v) is 2.87. The van der Waals surface area contributed by atoms with Crippen LogP contribution in [0.15, 0.2) is 12.7 Å². The average molecular weight is 154 g/mol. The van der Waals surface area contributed by atoms with Gasteiger partial charge in [-0.15, -0.1) is 6.58 Å². The van der Waals surface area contributed by atoms with Gasteiger partial charge in [-0.2, -0.15) is 0 Å². The first-order chi connectivity index (χ1) is 5.15. The van der Waals surface area contributed by atoms with E-state index in [2.05, 4.69) is 20.4 Å². The molecule has 0 amide bonds. The van der Waals surface area contributed by atoms with Crippen molar-refractivity contribution in [1.82, 2.24) is 0 Å². The van der Waals surface area contributed by atoms with Crippen LogP contribution in [0, 0.1) is 17.8 Å². The van der Waals surface area contributed by atoms with Crippen molar-refractivity contribution in [2.75, 3.05) is 0 Å². The second kappa shape index (κ2) is 3.40. The zero-order chi connectivity index (χ0) is 8.43. The molecule has 2 atom stereocenters. The van der Waals surface area contributed by atoms with Crippen molar-refractivity contribution in [1.29, 1.82) is 0 Å². The molecule has 1 fully saturated rings. The van der Waals surface area contributed by atoms with E-state index in [-0.39, 0.29) is 6.10 Å². The minimum absolute atomic E-state index is 0.0730. The lowest BCUT2D eigenvalue weighted by Gasteiger charge is -2.35. The highest BCUT2D eigenvalue weighted by Gasteiger charge is 2.29. The second-order valence-corrected chi connectivity index (χ2v) is 3.89. The summed E-state index contributed by atoms with van der Waals surface area (Å²) >= 11 is 0. The largest absolute Gasteiger partial charge is 0.393 e. The van der Waals surface area contributed by atoms with Crippen LogP contribution < -0.4 is 0 Å². The molecule has 0 aromatic heterocycles. The van der Waals surface area contributed by atoms with Crippen LogP contribution in [-0.2, 0) is 0 Å². The standard InChI is InChI=1S/C10H18O/c1-4-10-7(2)5-9(11)6-8(10)3/h4,7-11H,1,5-6H2,2-3H3. The van der Waals surface area contributed by atoms with Crippen LogP contribution in [0.5, 0.6) is 0 Å². The Balaban J connectivity index is 2.58. The molecule has 0 saturated heterocycles. The Morgan fingerprint density at radius 1 is 1.27 bits per heavy atom. The number of hydrogen-bond acceptors (Lipinski definition) is 1. The van der Waals surface area contributed by atoms with Crippen LogP contribution in [0.1, 0.15) is 26.7 Å². The first-order valence-corrected chi connectivity index (χ1v) is 4.45. The molecule has 1 N–H and O–H groups in total. The molecule has 64 valence electrons. The summed E-state index contributed by atoms with van der Waals surface area (Å²) in [4.78, 5) is 0.